The van der Waals surface area contributed by atoms with E-state index in [1.54, 1.807) is 0 Å². The first-order chi connectivity index (χ1) is 18.6. The minimum absolute atomic E-state index is 0.0408. The number of likely N-dealkylation sites (N-methyl/N-ethyl adjacent to an activating group) is 1. The third-order valence-electron chi connectivity index (χ3n) is 7.99. The van der Waals surface area contributed by atoms with Gasteiger partial charge in [-0.3, -0.25) is 4.79 Å². The molecule has 3 aromatic carbocycles. The van der Waals surface area contributed by atoms with Gasteiger partial charge in [0.05, 0.1) is 0 Å². The van der Waals surface area contributed by atoms with Gasteiger partial charge in [-0.25, -0.2) is 0 Å². The minimum atomic E-state index is -0.0408. The van der Waals surface area contributed by atoms with Crippen molar-refractivity contribution in [1.82, 2.24) is 14.8 Å². The molecule has 1 heterocycles. The summed E-state index contributed by atoms with van der Waals surface area (Å²) in [6, 6.07) is 30.1. The van der Waals surface area contributed by atoms with Gasteiger partial charge in [0.2, 0.25) is 0 Å². The van der Waals surface area contributed by atoms with E-state index in [0.29, 0.717) is 0 Å². The zero-order valence-corrected chi connectivity index (χ0v) is 22.9. The van der Waals surface area contributed by atoms with E-state index in [0.717, 1.165) is 48.1 Å². The molecule has 0 aliphatic heterocycles. The molecule has 0 atom stereocenters. The molecule has 38 heavy (non-hydrogen) atoms. The predicted octanol–water partition coefficient (Wildman–Crippen LogP) is 7.23. The van der Waals surface area contributed by atoms with Gasteiger partial charge >= 0.3 is 0 Å². The number of fused-ring (bicyclic) bond motifs is 1. The maximum absolute atomic E-state index is 14.4. The lowest BCUT2D eigenvalue weighted by Crippen LogP contribution is -2.37. The van der Waals surface area contributed by atoms with Crippen molar-refractivity contribution in [2.45, 2.75) is 63.5 Å². The van der Waals surface area contributed by atoms with Crippen LogP contribution in [-0.4, -0.2) is 42.1 Å². The summed E-state index contributed by atoms with van der Waals surface area (Å²) in [4.78, 5) is 16.6. The first-order valence-corrected chi connectivity index (χ1v) is 14.3. The highest BCUT2D eigenvalue weighted by Crippen LogP contribution is 2.40. The number of carbonyl (C=O) groups excluding carboxylic acids is 1. The molecule has 0 radical (unpaired) electrons. The monoisotopic (exact) mass is 507 g/mol. The predicted molar refractivity (Wildman–Crippen MR) is 158 cm³/mol. The molecule has 4 heteroatoms. The summed E-state index contributed by atoms with van der Waals surface area (Å²) in [6.45, 7) is 1.63. The maximum Gasteiger partial charge on any atom is 0.268 e. The second-order valence-electron chi connectivity index (χ2n) is 11.0. The number of benzene rings is 3. The Morgan fingerprint density at radius 1 is 0.816 bits per heavy atom. The SMILES string of the molecule is CN(C)CCn1c(C(=O)NC2CCCCCCC2)c(C(c2ccccc2)c2ccccc2)c2ccccc21. The van der Waals surface area contributed by atoms with Crippen molar-refractivity contribution in [2.24, 2.45) is 0 Å². The van der Waals surface area contributed by atoms with Crippen molar-refractivity contribution in [3.8, 4) is 0 Å². The Hall–Kier alpha value is -3.37. The fraction of sp³-hybridized carbons (Fsp3) is 0.382. The number of aromatic nitrogens is 1. The topological polar surface area (TPSA) is 37.3 Å². The summed E-state index contributed by atoms with van der Waals surface area (Å²) in [5, 5.41) is 4.68. The normalized spacial score (nSPS) is 15.1. The van der Waals surface area contributed by atoms with Crippen LogP contribution in [-0.2, 0) is 6.54 Å². The summed E-state index contributed by atoms with van der Waals surface area (Å²) in [6.07, 6.45) is 8.38. The lowest BCUT2D eigenvalue weighted by molar-refractivity contribution is 0.0919. The number of carbonyl (C=O) groups is 1. The highest BCUT2D eigenvalue weighted by Gasteiger charge is 2.31. The molecule has 1 fully saturated rings. The van der Waals surface area contributed by atoms with Crippen LogP contribution in [0.2, 0.25) is 0 Å². The summed E-state index contributed by atoms with van der Waals surface area (Å²) >= 11 is 0. The third-order valence-corrected chi connectivity index (χ3v) is 7.99. The molecule has 4 nitrogen and oxygen atoms in total. The average molecular weight is 508 g/mol. The van der Waals surface area contributed by atoms with E-state index in [2.05, 4.69) is 114 Å². The number of nitrogens with zero attached hydrogens (tertiary/aromatic N) is 2. The van der Waals surface area contributed by atoms with Crippen molar-refractivity contribution in [3.63, 3.8) is 0 Å². The van der Waals surface area contributed by atoms with Gasteiger partial charge in [0.15, 0.2) is 0 Å². The molecule has 0 spiro atoms. The molecule has 4 aromatic rings. The average Bonchev–Trinajstić information content (AvgIpc) is 3.24. The van der Waals surface area contributed by atoms with Crippen LogP contribution in [0.15, 0.2) is 84.9 Å². The molecule has 198 valence electrons. The molecular formula is C34H41N3O. The Morgan fingerprint density at radius 2 is 1.37 bits per heavy atom. The van der Waals surface area contributed by atoms with Gasteiger partial charge < -0.3 is 14.8 Å². The Labute approximate surface area is 227 Å². The van der Waals surface area contributed by atoms with E-state index in [1.807, 2.05) is 0 Å². The van der Waals surface area contributed by atoms with Crippen LogP contribution in [0.1, 0.15) is 78.0 Å². The van der Waals surface area contributed by atoms with E-state index < -0.39 is 0 Å². The van der Waals surface area contributed by atoms with Gasteiger partial charge in [-0.1, -0.05) is 111 Å². The van der Waals surface area contributed by atoms with Crippen molar-refractivity contribution in [1.29, 1.82) is 0 Å². The first-order valence-electron chi connectivity index (χ1n) is 14.3. The third kappa shape index (κ3) is 5.86. The van der Waals surface area contributed by atoms with Crippen molar-refractivity contribution in [2.75, 3.05) is 20.6 Å². The number of hydrogen-bond acceptors (Lipinski definition) is 2. The van der Waals surface area contributed by atoms with Gasteiger partial charge in [-0.05, 0) is 44.1 Å². The van der Waals surface area contributed by atoms with Crippen LogP contribution >= 0.6 is 0 Å². The van der Waals surface area contributed by atoms with E-state index in [9.17, 15) is 4.79 Å². The molecule has 1 amide bonds. The number of rotatable bonds is 8. The fourth-order valence-electron chi connectivity index (χ4n) is 6.07. The minimum Gasteiger partial charge on any atom is -0.348 e. The Balaban J connectivity index is 1.69. The second-order valence-corrected chi connectivity index (χ2v) is 11.0. The summed E-state index contributed by atoms with van der Waals surface area (Å²) in [7, 11) is 4.19. The number of para-hydroxylation sites is 1. The molecule has 1 aliphatic rings. The van der Waals surface area contributed by atoms with Crippen molar-refractivity contribution in [3.05, 3.63) is 107 Å². The molecule has 0 bridgehead atoms. The van der Waals surface area contributed by atoms with Gasteiger partial charge in [-0.15, -0.1) is 0 Å². The van der Waals surface area contributed by atoms with Crippen molar-refractivity contribution < 1.29 is 4.79 Å². The zero-order chi connectivity index (χ0) is 26.3. The summed E-state index contributed by atoms with van der Waals surface area (Å²) in [5.74, 6) is 0.0263. The lowest BCUT2D eigenvalue weighted by atomic mass is 9.83. The van der Waals surface area contributed by atoms with E-state index in [1.165, 1.54) is 43.2 Å². The van der Waals surface area contributed by atoms with E-state index >= 15 is 0 Å². The van der Waals surface area contributed by atoms with Crippen LogP contribution in [0.5, 0.6) is 0 Å². The van der Waals surface area contributed by atoms with Crippen LogP contribution in [0, 0.1) is 0 Å². The fourth-order valence-corrected chi connectivity index (χ4v) is 6.07. The maximum atomic E-state index is 14.4. The Bertz CT molecular complexity index is 1280. The van der Waals surface area contributed by atoms with E-state index in [4.69, 9.17) is 0 Å². The highest BCUT2D eigenvalue weighted by molar-refractivity contribution is 6.03. The number of amides is 1. The molecule has 1 N–H and O–H groups in total. The molecule has 0 saturated heterocycles. The van der Waals surface area contributed by atoms with Crippen LogP contribution in [0.25, 0.3) is 10.9 Å². The van der Waals surface area contributed by atoms with Gasteiger partial charge in [-0.2, -0.15) is 0 Å². The highest BCUT2D eigenvalue weighted by atomic mass is 16.2. The molecule has 1 aromatic heterocycles. The molecule has 5 rings (SSSR count). The lowest BCUT2D eigenvalue weighted by Gasteiger charge is -2.24. The largest absolute Gasteiger partial charge is 0.348 e. The zero-order valence-electron chi connectivity index (χ0n) is 22.9. The first kappa shape index (κ1) is 26.2. The quantitative estimate of drug-likeness (QED) is 0.273. The smallest absolute Gasteiger partial charge is 0.268 e. The van der Waals surface area contributed by atoms with Crippen LogP contribution in [0.3, 0.4) is 0 Å². The van der Waals surface area contributed by atoms with Crippen LogP contribution in [0.4, 0.5) is 0 Å². The molecule has 0 unspecified atom stereocenters. The summed E-state index contributed by atoms with van der Waals surface area (Å²) in [5.41, 5.74) is 5.46. The van der Waals surface area contributed by atoms with Crippen molar-refractivity contribution >= 4 is 16.8 Å². The standard InChI is InChI=1S/C34H41N3O/c1-36(2)24-25-37-30-23-15-14-22-29(30)32(33(37)34(38)35-28-20-12-4-3-5-13-21-28)31(26-16-8-6-9-17-26)27-18-10-7-11-19-27/h6-11,14-19,22-23,28,31H,3-5,12-13,20-21,24-25H2,1-2H3,(H,35,38). The van der Waals surface area contributed by atoms with E-state index in [-0.39, 0.29) is 17.9 Å². The molecule has 1 saturated carbocycles. The Kier molecular flexibility index (Phi) is 8.60. The van der Waals surface area contributed by atoms with Crippen LogP contribution < -0.4 is 5.32 Å². The number of hydrogen-bond donors (Lipinski definition) is 1. The molecule has 1 aliphatic carbocycles. The van der Waals surface area contributed by atoms with Gasteiger partial charge in [0.1, 0.15) is 5.69 Å². The summed E-state index contributed by atoms with van der Waals surface area (Å²) < 4.78 is 2.28. The number of nitrogens with one attached hydrogen (secondary N) is 1. The van der Waals surface area contributed by atoms with Gasteiger partial charge in [0.25, 0.3) is 5.91 Å². The molecular weight excluding hydrogens is 466 g/mol. The Morgan fingerprint density at radius 3 is 1.97 bits per heavy atom. The second kappa shape index (κ2) is 12.4. The van der Waals surface area contributed by atoms with Gasteiger partial charge in [0, 0.05) is 41.5 Å².